The number of hydrogen-bond donors (Lipinski definition) is 2. The van der Waals surface area contributed by atoms with E-state index in [0.29, 0.717) is 13.0 Å². The van der Waals surface area contributed by atoms with Crippen molar-refractivity contribution in [3.63, 3.8) is 0 Å². The molecule has 0 aromatic heterocycles. The highest BCUT2D eigenvalue weighted by Gasteiger charge is 2.19. The maximum Gasteiger partial charge on any atom is 0.168 e. The predicted octanol–water partition coefficient (Wildman–Crippen LogP) is -0.289. The maximum absolute atomic E-state index is 12.1. The first-order chi connectivity index (χ1) is 10.6. The summed E-state index contributed by atoms with van der Waals surface area (Å²) in [5.41, 5.74) is 1.63. The topological polar surface area (TPSA) is 53.9 Å². The number of aliphatic hydroxyl groups is 1. The Kier molecular flexibility index (Phi) is 8.48. The van der Waals surface area contributed by atoms with Gasteiger partial charge in [-0.05, 0) is 24.6 Å². The van der Waals surface area contributed by atoms with Crippen LogP contribution in [0.4, 0.5) is 0 Å². The smallest absolute Gasteiger partial charge is 0.168 e. The van der Waals surface area contributed by atoms with Crippen molar-refractivity contribution in [3.8, 4) is 0 Å². The van der Waals surface area contributed by atoms with Crippen molar-refractivity contribution in [2.24, 2.45) is 0 Å². The molecule has 0 bridgehead atoms. The molecule has 0 saturated heterocycles. The molecular weight excluding hydrogens is 378 g/mol. The average molecular weight is 399 g/mol. The van der Waals surface area contributed by atoms with E-state index >= 15 is 0 Å². The Morgan fingerprint density at radius 3 is 2.52 bits per heavy atom. The summed E-state index contributed by atoms with van der Waals surface area (Å²) in [5, 5.41) is 12.3. The highest BCUT2D eigenvalue weighted by atomic mass is 79.9. The molecular formula is C18H21BrClNO2. The van der Waals surface area contributed by atoms with E-state index < -0.39 is 6.10 Å². The van der Waals surface area contributed by atoms with Gasteiger partial charge in [-0.2, -0.15) is 0 Å². The van der Waals surface area contributed by atoms with Crippen LogP contribution in [0, 0.1) is 0 Å². The number of nitrogens with two attached hydrogens (primary N) is 1. The Morgan fingerprint density at radius 1 is 1.17 bits per heavy atom. The van der Waals surface area contributed by atoms with E-state index in [4.69, 9.17) is 0 Å². The largest absolute Gasteiger partial charge is 1.00 e. The van der Waals surface area contributed by atoms with Crippen LogP contribution in [0.5, 0.6) is 0 Å². The molecule has 2 atom stereocenters. The molecule has 124 valence electrons. The Balaban J connectivity index is 0.00000264. The van der Waals surface area contributed by atoms with Crippen molar-refractivity contribution in [3.05, 3.63) is 70.2 Å². The lowest BCUT2D eigenvalue weighted by atomic mass is 10.0. The number of carbonyl (C=O) groups excluding carboxylic acids is 1. The van der Waals surface area contributed by atoms with Gasteiger partial charge in [0.1, 0.15) is 12.1 Å². The van der Waals surface area contributed by atoms with E-state index in [1.807, 2.05) is 66.8 Å². The van der Waals surface area contributed by atoms with Gasteiger partial charge in [-0.15, -0.1) is 0 Å². The molecule has 2 aromatic rings. The number of carbonyl (C=O) groups is 1. The molecule has 0 spiro atoms. The summed E-state index contributed by atoms with van der Waals surface area (Å²) >= 11 is 3.37. The molecule has 0 fully saturated rings. The minimum atomic E-state index is -0.526. The number of aliphatic hydroxyl groups excluding tert-OH is 1. The summed E-state index contributed by atoms with van der Waals surface area (Å²) < 4.78 is 0.912. The fraction of sp³-hybridized carbons (Fsp3) is 0.278. The van der Waals surface area contributed by atoms with Crippen LogP contribution in [0.1, 0.15) is 35.4 Å². The van der Waals surface area contributed by atoms with Gasteiger partial charge in [0.15, 0.2) is 5.78 Å². The highest BCUT2D eigenvalue weighted by Crippen LogP contribution is 2.14. The highest BCUT2D eigenvalue weighted by molar-refractivity contribution is 9.10. The second-order valence-electron chi connectivity index (χ2n) is 5.42. The normalized spacial score (nSPS) is 13.0. The molecule has 2 aromatic carbocycles. The van der Waals surface area contributed by atoms with E-state index in [0.717, 1.165) is 15.6 Å². The molecule has 3 nitrogen and oxygen atoms in total. The number of halogens is 2. The third kappa shape index (κ3) is 6.07. The fourth-order valence-electron chi connectivity index (χ4n) is 2.37. The zero-order valence-corrected chi connectivity index (χ0v) is 15.3. The Labute approximate surface area is 151 Å². The number of rotatable bonds is 7. The van der Waals surface area contributed by atoms with Gasteiger partial charge in [-0.1, -0.05) is 58.4 Å². The second kappa shape index (κ2) is 9.83. The van der Waals surface area contributed by atoms with Crippen LogP contribution in [-0.4, -0.2) is 23.5 Å². The minimum Gasteiger partial charge on any atom is -1.00 e. The standard InChI is InChI=1S/C18H20BrNO2.ClH/c1-13(18(22)14-6-3-2-4-7-14)20-11-10-17(21)15-8-5-9-16(19)12-15;/h2-9,12-13,18,20,22H,10-11H2,1H3;1H. The number of ketones is 1. The average Bonchev–Trinajstić information content (AvgIpc) is 2.54. The van der Waals surface area contributed by atoms with Gasteiger partial charge in [-0.3, -0.25) is 4.79 Å². The molecule has 5 heteroatoms. The van der Waals surface area contributed by atoms with E-state index in [1.54, 1.807) is 0 Å². The van der Waals surface area contributed by atoms with Crippen LogP contribution in [0.3, 0.4) is 0 Å². The molecule has 0 aliphatic heterocycles. The lowest BCUT2D eigenvalue weighted by Gasteiger charge is -2.17. The third-order valence-corrected chi connectivity index (χ3v) is 4.19. The van der Waals surface area contributed by atoms with Gasteiger partial charge in [0.25, 0.3) is 0 Å². The fourth-order valence-corrected chi connectivity index (χ4v) is 2.77. The lowest BCUT2D eigenvalue weighted by Crippen LogP contribution is -3.00. The van der Waals surface area contributed by atoms with Crippen LogP contribution < -0.4 is 17.7 Å². The molecule has 0 amide bonds. The van der Waals surface area contributed by atoms with Gasteiger partial charge >= 0.3 is 0 Å². The Morgan fingerprint density at radius 2 is 1.87 bits per heavy atom. The van der Waals surface area contributed by atoms with E-state index in [2.05, 4.69) is 15.9 Å². The van der Waals surface area contributed by atoms with Crippen LogP contribution in [0.25, 0.3) is 0 Å². The van der Waals surface area contributed by atoms with Gasteiger partial charge in [0.2, 0.25) is 0 Å². The summed E-state index contributed by atoms with van der Waals surface area (Å²) in [4.78, 5) is 12.1. The van der Waals surface area contributed by atoms with Gasteiger partial charge < -0.3 is 22.8 Å². The molecule has 0 aliphatic carbocycles. The van der Waals surface area contributed by atoms with Crippen molar-refractivity contribution in [1.82, 2.24) is 0 Å². The first kappa shape index (κ1) is 19.8. The van der Waals surface area contributed by atoms with Crippen LogP contribution in [0.15, 0.2) is 59.1 Å². The number of hydrogen-bond acceptors (Lipinski definition) is 2. The first-order valence-corrected chi connectivity index (χ1v) is 8.22. The number of benzene rings is 2. The molecule has 3 N–H and O–H groups in total. The maximum atomic E-state index is 12.1. The zero-order chi connectivity index (χ0) is 15.9. The molecule has 23 heavy (non-hydrogen) atoms. The zero-order valence-electron chi connectivity index (χ0n) is 13.0. The molecule has 0 saturated carbocycles. The predicted molar refractivity (Wildman–Crippen MR) is 90.7 cm³/mol. The van der Waals surface area contributed by atoms with Crippen molar-refractivity contribution < 1.29 is 27.6 Å². The molecule has 2 unspecified atom stereocenters. The van der Waals surface area contributed by atoms with Gasteiger partial charge in [-0.25, -0.2) is 0 Å². The van der Waals surface area contributed by atoms with Crippen molar-refractivity contribution in [1.29, 1.82) is 0 Å². The van der Waals surface area contributed by atoms with Crippen LogP contribution in [-0.2, 0) is 0 Å². The SMILES string of the molecule is CC([NH2+]CCC(=O)c1cccc(Br)c1)C(O)c1ccccc1.[Cl-]. The Bertz CT molecular complexity index is 621. The van der Waals surface area contributed by atoms with Crippen LogP contribution >= 0.6 is 15.9 Å². The van der Waals surface area contributed by atoms with Crippen LogP contribution in [0.2, 0.25) is 0 Å². The second-order valence-corrected chi connectivity index (χ2v) is 6.34. The monoisotopic (exact) mass is 397 g/mol. The lowest BCUT2D eigenvalue weighted by molar-refractivity contribution is -0.693. The third-order valence-electron chi connectivity index (χ3n) is 3.70. The van der Waals surface area contributed by atoms with E-state index in [9.17, 15) is 9.90 Å². The van der Waals surface area contributed by atoms with Crippen molar-refractivity contribution in [2.45, 2.75) is 25.5 Å². The summed E-state index contributed by atoms with van der Waals surface area (Å²) in [5.74, 6) is 0.124. The van der Waals surface area contributed by atoms with Crippen molar-refractivity contribution in [2.75, 3.05) is 6.54 Å². The van der Waals surface area contributed by atoms with Gasteiger partial charge in [0, 0.05) is 10.0 Å². The number of quaternary nitrogens is 1. The quantitative estimate of drug-likeness (QED) is 0.630. The molecule has 0 heterocycles. The van der Waals surface area contributed by atoms with Gasteiger partial charge in [0.05, 0.1) is 13.0 Å². The molecule has 0 radical (unpaired) electrons. The summed E-state index contributed by atoms with van der Waals surface area (Å²) in [6.07, 6.45) is -0.0651. The van der Waals surface area contributed by atoms with E-state index in [1.165, 1.54) is 0 Å². The molecule has 2 rings (SSSR count). The Hall–Kier alpha value is -1.20. The molecule has 0 aliphatic rings. The first-order valence-electron chi connectivity index (χ1n) is 7.43. The summed E-state index contributed by atoms with van der Waals surface area (Å²) in [6, 6.07) is 17.1. The summed E-state index contributed by atoms with van der Waals surface area (Å²) in [7, 11) is 0. The summed E-state index contributed by atoms with van der Waals surface area (Å²) in [6.45, 7) is 2.64. The number of Topliss-reactive ketones (excluding diaryl/α,β-unsaturated/α-hetero) is 1. The van der Waals surface area contributed by atoms with E-state index in [-0.39, 0.29) is 24.2 Å². The van der Waals surface area contributed by atoms with Crippen molar-refractivity contribution >= 4 is 21.7 Å². The minimum absolute atomic E-state index is 0.